The van der Waals surface area contributed by atoms with Gasteiger partial charge in [0.25, 0.3) is 0 Å². The van der Waals surface area contributed by atoms with Crippen LogP contribution < -0.4 is 5.32 Å². The van der Waals surface area contributed by atoms with E-state index in [4.69, 9.17) is 0 Å². The molecule has 1 saturated heterocycles. The molecule has 0 amide bonds. The topological polar surface area (TPSA) is 33.1 Å². The van der Waals surface area contributed by atoms with Gasteiger partial charge in [0, 0.05) is 51.9 Å². The zero-order valence-electron chi connectivity index (χ0n) is 9.66. The summed E-state index contributed by atoms with van der Waals surface area (Å²) < 4.78 is 1.95. The molecular weight excluding hydrogens is 188 g/mol. The highest BCUT2D eigenvalue weighted by molar-refractivity contribution is 5.08. The van der Waals surface area contributed by atoms with Crippen LogP contribution in [-0.2, 0) is 13.5 Å². The number of rotatable bonds is 3. The van der Waals surface area contributed by atoms with Crippen molar-refractivity contribution >= 4 is 0 Å². The second kappa shape index (κ2) is 4.77. The first-order chi connectivity index (χ1) is 7.25. The van der Waals surface area contributed by atoms with Crippen LogP contribution in [0.25, 0.3) is 0 Å². The van der Waals surface area contributed by atoms with Gasteiger partial charge in [0.05, 0.1) is 5.69 Å². The van der Waals surface area contributed by atoms with E-state index >= 15 is 0 Å². The normalized spacial score (nSPS) is 18.3. The number of aromatic nitrogens is 2. The summed E-state index contributed by atoms with van der Waals surface area (Å²) in [5.41, 5.74) is 2.46. The fourth-order valence-corrected chi connectivity index (χ4v) is 1.96. The maximum atomic E-state index is 4.47. The first-order valence-electron chi connectivity index (χ1n) is 5.68. The van der Waals surface area contributed by atoms with Gasteiger partial charge in [0.15, 0.2) is 0 Å². The number of hydrogen-bond donors (Lipinski definition) is 1. The molecule has 4 heteroatoms. The molecule has 0 radical (unpaired) electrons. The van der Waals surface area contributed by atoms with Crippen LogP contribution in [0.2, 0.25) is 0 Å². The van der Waals surface area contributed by atoms with E-state index in [0.717, 1.165) is 26.1 Å². The summed E-state index contributed by atoms with van der Waals surface area (Å²) in [5, 5.41) is 7.83. The van der Waals surface area contributed by atoms with E-state index in [9.17, 15) is 0 Å². The van der Waals surface area contributed by atoms with Gasteiger partial charge < -0.3 is 10.2 Å². The number of nitrogens with zero attached hydrogens (tertiary/aromatic N) is 3. The van der Waals surface area contributed by atoms with E-state index in [0.29, 0.717) is 0 Å². The van der Waals surface area contributed by atoms with Crippen molar-refractivity contribution in [3.05, 3.63) is 17.5 Å². The lowest BCUT2D eigenvalue weighted by Gasteiger charge is -2.26. The van der Waals surface area contributed by atoms with Gasteiger partial charge >= 0.3 is 0 Å². The van der Waals surface area contributed by atoms with E-state index in [1.165, 1.54) is 24.5 Å². The molecule has 0 bridgehead atoms. The van der Waals surface area contributed by atoms with Crippen LogP contribution >= 0.6 is 0 Å². The van der Waals surface area contributed by atoms with Gasteiger partial charge in [-0.05, 0) is 13.0 Å². The largest absolute Gasteiger partial charge is 0.314 e. The van der Waals surface area contributed by atoms with Crippen molar-refractivity contribution in [2.24, 2.45) is 7.05 Å². The quantitative estimate of drug-likeness (QED) is 0.769. The lowest BCUT2D eigenvalue weighted by atomic mass is 10.2. The minimum absolute atomic E-state index is 1.07. The zero-order valence-corrected chi connectivity index (χ0v) is 9.66. The monoisotopic (exact) mass is 208 g/mol. The number of hydrogen-bond acceptors (Lipinski definition) is 3. The Kier molecular flexibility index (Phi) is 3.38. The van der Waals surface area contributed by atoms with E-state index < -0.39 is 0 Å². The molecule has 1 aliphatic heterocycles. The Morgan fingerprint density at radius 3 is 2.73 bits per heavy atom. The van der Waals surface area contributed by atoms with Gasteiger partial charge in [-0.25, -0.2) is 0 Å². The van der Waals surface area contributed by atoms with Crippen molar-refractivity contribution in [3.8, 4) is 0 Å². The SMILES string of the molecule is Cc1cc(CCN2CCNCC2)nn1C. The summed E-state index contributed by atoms with van der Waals surface area (Å²) in [4.78, 5) is 2.50. The van der Waals surface area contributed by atoms with Crippen LogP contribution in [0, 0.1) is 6.92 Å². The maximum Gasteiger partial charge on any atom is 0.0640 e. The van der Waals surface area contributed by atoms with Crippen molar-refractivity contribution in [2.45, 2.75) is 13.3 Å². The summed E-state index contributed by atoms with van der Waals surface area (Å²) >= 11 is 0. The van der Waals surface area contributed by atoms with Crippen LogP contribution in [0.1, 0.15) is 11.4 Å². The van der Waals surface area contributed by atoms with Gasteiger partial charge in [0.1, 0.15) is 0 Å². The minimum atomic E-state index is 1.07. The van der Waals surface area contributed by atoms with Crippen molar-refractivity contribution in [3.63, 3.8) is 0 Å². The molecule has 84 valence electrons. The second-order valence-electron chi connectivity index (χ2n) is 4.24. The molecule has 0 aliphatic carbocycles. The molecule has 1 N–H and O–H groups in total. The summed E-state index contributed by atoms with van der Waals surface area (Å²) in [6.07, 6.45) is 1.07. The summed E-state index contributed by atoms with van der Waals surface area (Å²) in [6, 6.07) is 2.18. The average molecular weight is 208 g/mol. The van der Waals surface area contributed by atoms with Gasteiger partial charge in [-0.2, -0.15) is 5.10 Å². The minimum Gasteiger partial charge on any atom is -0.314 e. The molecular formula is C11H20N4. The third-order valence-electron chi connectivity index (χ3n) is 3.06. The van der Waals surface area contributed by atoms with E-state index in [2.05, 4.69) is 28.3 Å². The fourth-order valence-electron chi connectivity index (χ4n) is 1.96. The Morgan fingerprint density at radius 1 is 1.40 bits per heavy atom. The van der Waals surface area contributed by atoms with Crippen molar-refractivity contribution < 1.29 is 0 Å². The van der Waals surface area contributed by atoms with Crippen LogP contribution in [0.15, 0.2) is 6.07 Å². The Hall–Kier alpha value is -0.870. The van der Waals surface area contributed by atoms with Gasteiger partial charge in [-0.1, -0.05) is 0 Å². The molecule has 1 fully saturated rings. The van der Waals surface area contributed by atoms with Crippen LogP contribution in [-0.4, -0.2) is 47.4 Å². The molecule has 0 unspecified atom stereocenters. The van der Waals surface area contributed by atoms with E-state index in [1.807, 2.05) is 11.7 Å². The Balaban J connectivity index is 1.81. The molecule has 2 heterocycles. The highest BCUT2D eigenvalue weighted by atomic mass is 15.3. The number of aryl methyl sites for hydroxylation is 2. The first kappa shape index (κ1) is 10.6. The molecule has 0 spiro atoms. The van der Waals surface area contributed by atoms with Crippen LogP contribution in [0.5, 0.6) is 0 Å². The Labute approximate surface area is 91.3 Å². The van der Waals surface area contributed by atoms with Crippen molar-refractivity contribution in [1.82, 2.24) is 20.0 Å². The summed E-state index contributed by atoms with van der Waals surface area (Å²) in [6.45, 7) is 7.83. The first-order valence-corrected chi connectivity index (χ1v) is 5.68. The lowest BCUT2D eigenvalue weighted by molar-refractivity contribution is 0.243. The third-order valence-corrected chi connectivity index (χ3v) is 3.06. The standard InChI is InChI=1S/C11H20N4/c1-10-9-11(13-14(10)2)3-6-15-7-4-12-5-8-15/h9,12H,3-8H2,1-2H3. The lowest BCUT2D eigenvalue weighted by Crippen LogP contribution is -2.44. The predicted molar refractivity (Wildman–Crippen MR) is 61.0 cm³/mol. The highest BCUT2D eigenvalue weighted by Crippen LogP contribution is 2.03. The molecule has 1 aromatic heterocycles. The molecule has 0 aromatic carbocycles. The van der Waals surface area contributed by atoms with Crippen LogP contribution in [0.3, 0.4) is 0 Å². The summed E-state index contributed by atoms with van der Waals surface area (Å²) in [5.74, 6) is 0. The predicted octanol–water partition coefficient (Wildman–Crippen LogP) is 0.176. The molecule has 2 rings (SSSR count). The zero-order chi connectivity index (χ0) is 10.7. The third kappa shape index (κ3) is 2.79. The Bertz CT molecular complexity index is 293. The van der Waals surface area contributed by atoms with Crippen LogP contribution in [0.4, 0.5) is 0 Å². The number of nitrogens with one attached hydrogen (secondary N) is 1. The Morgan fingerprint density at radius 2 is 2.13 bits per heavy atom. The maximum absolute atomic E-state index is 4.47. The smallest absolute Gasteiger partial charge is 0.0640 e. The van der Waals surface area contributed by atoms with Crippen molar-refractivity contribution in [1.29, 1.82) is 0 Å². The van der Waals surface area contributed by atoms with Gasteiger partial charge in [-0.15, -0.1) is 0 Å². The number of piperazine rings is 1. The highest BCUT2D eigenvalue weighted by Gasteiger charge is 2.10. The van der Waals surface area contributed by atoms with E-state index in [-0.39, 0.29) is 0 Å². The molecule has 0 saturated carbocycles. The van der Waals surface area contributed by atoms with Gasteiger partial charge in [-0.3, -0.25) is 4.68 Å². The second-order valence-corrected chi connectivity index (χ2v) is 4.24. The summed E-state index contributed by atoms with van der Waals surface area (Å²) in [7, 11) is 2.00. The molecule has 15 heavy (non-hydrogen) atoms. The average Bonchev–Trinajstić information content (AvgIpc) is 2.57. The van der Waals surface area contributed by atoms with Gasteiger partial charge in [0.2, 0.25) is 0 Å². The molecule has 4 nitrogen and oxygen atoms in total. The molecule has 1 aliphatic rings. The van der Waals surface area contributed by atoms with E-state index in [1.54, 1.807) is 0 Å². The fraction of sp³-hybridized carbons (Fsp3) is 0.727. The molecule has 1 aromatic rings. The molecule has 0 atom stereocenters. The van der Waals surface area contributed by atoms with Crippen molar-refractivity contribution in [2.75, 3.05) is 32.7 Å².